The predicted octanol–water partition coefficient (Wildman–Crippen LogP) is 1.42. The summed E-state index contributed by atoms with van der Waals surface area (Å²) in [5.74, 6) is 0.183. The molecule has 0 fully saturated rings. The molecule has 0 unspecified atom stereocenters. The van der Waals surface area contributed by atoms with Gasteiger partial charge in [-0.15, -0.1) is 0 Å². The number of amidine groups is 1. The molecule has 0 aromatic rings. The summed E-state index contributed by atoms with van der Waals surface area (Å²) in [6.07, 6.45) is -3.48. The molecular weight excluding hydrogens is 145 g/mol. The van der Waals surface area contributed by atoms with Crippen LogP contribution in [0.4, 0.5) is 13.2 Å². The van der Waals surface area contributed by atoms with Gasteiger partial charge in [-0.1, -0.05) is 0 Å². The fourth-order valence-corrected chi connectivity index (χ4v) is 0.604. The molecule has 10 heavy (non-hydrogen) atoms. The van der Waals surface area contributed by atoms with Crippen molar-refractivity contribution in [3.8, 4) is 0 Å². The highest BCUT2D eigenvalue weighted by Gasteiger charge is 2.40. The topological polar surface area (TPSA) is 24.7 Å². The smallest absolute Gasteiger partial charge is 0.252 e. The van der Waals surface area contributed by atoms with Crippen LogP contribution in [0.25, 0.3) is 0 Å². The summed E-state index contributed by atoms with van der Waals surface area (Å²) >= 11 is 0. The lowest BCUT2D eigenvalue weighted by molar-refractivity contribution is -0.130. The number of alkyl halides is 3. The average molecular weight is 150 g/mol. The molecule has 1 atom stereocenters. The van der Waals surface area contributed by atoms with E-state index in [-0.39, 0.29) is 5.84 Å². The fourth-order valence-electron chi connectivity index (χ4n) is 0.604. The highest BCUT2D eigenvalue weighted by atomic mass is 19.4. The van der Waals surface area contributed by atoms with Crippen molar-refractivity contribution in [3.05, 3.63) is 0 Å². The highest BCUT2D eigenvalue weighted by Crippen LogP contribution is 2.23. The van der Waals surface area contributed by atoms with E-state index in [4.69, 9.17) is 0 Å². The quantitative estimate of drug-likeness (QED) is 0.499. The summed E-state index contributed by atoms with van der Waals surface area (Å²) in [7, 11) is 0. The molecule has 0 saturated heterocycles. The Labute approximate surface area is 55.5 Å². The van der Waals surface area contributed by atoms with Gasteiger partial charge in [0.25, 0.3) is 0 Å². The van der Waals surface area contributed by atoms with Gasteiger partial charge >= 0.3 is 6.18 Å². The van der Waals surface area contributed by atoms with E-state index in [0.29, 0.717) is 0 Å². The van der Waals surface area contributed by atoms with Gasteiger partial charge in [-0.25, -0.2) is 4.99 Å². The Morgan fingerprint density at radius 3 is 2.30 bits per heavy atom. The minimum atomic E-state index is -4.28. The van der Waals surface area contributed by atoms with E-state index in [2.05, 4.69) is 9.98 Å². The van der Waals surface area contributed by atoms with E-state index < -0.39 is 12.2 Å². The first kappa shape index (κ1) is 7.24. The van der Waals surface area contributed by atoms with E-state index in [1.165, 1.54) is 6.92 Å². The Balaban J connectivity index is 2.72. The van der Waals surface area contributed by atoms with Crippen molar-refractivity contribution in [1.82, 2.24) is 0 Å². The van der Waals surface area contributed by atoms with Crippen LogP contribution in [0.3, 0.4) is 0 Å². The SMILES string of the molecule is CC1=N[C@@H](C(F)(F)F)C=N1. The van der Waals surface area contributed by atoms with Crippen molar-refractivity contribution in [1.29, 1.82) is 0 Å². The Kier molecular flexibility index (Phi) is 1.50. The van der Waals surface area contributed by atoms with Crippen molar-refractivity contribution in [3.63, 3.8) is 0 Å². The molecule has 0 bridgehead atoms. The van der Waals surface area contributed by atoms with Gasteiger partial charge < -0.3 is 0 Å². The van der Waals surface area contributed by atoms with Crippen molar-refractivity contribution in [2.45, 2.75) is 19.1 Å². The van der Waals surface area contributed by atoms with Gasteiger partial charge in [-0.2, -0.15) is 13.2 Å². The Bertz CT molecular complexity index is 192. The number of hydrogen-bond donors (Lipinski definition) is 0. The van der Waals surface area contributed by atoms with Crippen molar-refractivity contribution >= 4 is 12.1 Å². The standard InChI is InChI=1S/C5H5F3N2/c1-3-9-2-4(10-3)5(6,7)8/h2,4H,1H3/t4-/m1/s1. The minimum Gasteiger partial charge on any atom is -0.252 e. The Hall–Kier alpha value is -0.870. The largest absolute Gasteiger partial charge is 0.415 e. The average Bonchev–Trinajstić information content (AvgIpc) is 2.11. The second kappa shape index (κ2) is 2.07. The molecule has 1 rings (SSSR count). The lowest BCUT2D eigenvalue weighted by Crippen LogP contribution is -2.26. The first-order chi connectivity index (χ1) is 4.50. The summed E-state index contributed by atoms with van der Waals surface area (Å²) in [4.78, 5) is 6.62. The van der Waals surface area contributed by atoms with Gasteiger partial charge in [0, 0.05) is 6.21 Å². The van der Waals surface area contributed by atoms with Gasteiger partial charge in [-0.3, -0.25) is 4.99 Å². The second-order valence-electron chi connectivity index (χ2n) is 1.94. The highest BCUT2D eigenvalue weighted by molar-refractivity contribution is 5.94. The molecule has 5 heteroatoms. The molecular formula is C5H5F3N2. The van der Waals surface area contributed by atoms with E-state index >= 15 is 0 Å². The zero-order valence-corrected chi connectivity index (χ0v) is 5.18. The zero-order valence-electron chi connectivity index (χ0n) is 5.18. The first-order valence-corrected chi connectivity index (χ1v) is 2.65. The summed E-state index contributed by atoms with van der Waals surface area (Å²) in [5.41, 5.74) is 0. The normalized spacial score (nSPS) is 25.2. The number of halogens is 3. The van der Waals surface area contributed by atoms with Crippen molar-refractivity contribution in [2.24, 2.45) is 9.98 Å². The third-order valence-corrected chi connectivity index (χ3v) is 1.06. The first-order valence-electron chi connectivity index (χ1n) is 2.65. The van der Waals surface area contributed by atoms with Gasteiger partial charge in [0.15, 0.2) is 6.04 Å². The molecule has 2 nitrogen and oxygen atoms in total. The molecule has 0 aromatic carbocycles. The molecule has 0 N–H and O–H groups in total. The third kappa shape index (κ3) is 1.34. The molecule has 0 spiro atoms. The molecule has 0 aliphatic carbocycles. The maximum atomic E-state index is 11.7. The van der Waals surface area contributed by atoms with Crippen LogP contribution in [0, 0.1) is 0 Å². The van der Waals surface area contributed by atoms with Crippen LogP contribution in [0.2, 0.25) is 0 Å². The van der Waals surface area contributed by atoms with Crippen LogP contribution in [0.15, 0.2) is 9.98 Å². The van der Waals surface area contributed by atoms with Crippen LogP contribution < -0.4 is 0 Å². The van der Waals surface area contributed by atoms with Crippen LogP contribution >= 0.6 is 0 Å². The Morgan fingerprint density at radius 2 is 2.10 bits per heavy atom. The molecule has 0 radical (unpaired) electrons. The van der Waals surface area contributed by atoms with Gasteiger partial charge in [0.05, 0.1) is 0 Å². The summed E-state index contributed by atoms with van der Waals surface area (Å²) in [6, 6.07) is -1.72. The molecule has 0 amide bonds. The second-order valence-corrected chi connectivity index (χ2v) is 1.94. The molecule has 0 saturated carbocycles. The maximum absolute atomic E-state index is 11.7. The maximum Gasteiger partial charge on any atom is 0.415 e. The fraction of sp³-hybridized carbons (Fsp3) is 0.600. The molecule has 56 valence electrons. The van der Waals surface area contributed by atoms with Crippen LogP contribution in [-0.2, 0) is 0 Å². The third-order valence-electron chi connectivity index (χ3n) is 1.06. The van der Waals surface area contributed by atoms with E-state index in [1.807, 2.05) is 0 Å². The lowest BCUT2D eigenvalue weighted by Gasteiger charge is -2.06. The van der Waals surface area contributed by atoms with Crippen molar-refractivity contribution in [2.75, 3.05) is 0 Å². The van der Waals surface area contributed by atoms with E-state index in [1.54, 1.807) is 0 Å². The molecule has 0 aromatic heterocycles. The molecule has 1 aliphatic heterocycles. The van der Waals surface area contributed by atoms with Crippen LogP contribution in [0.5, 0.6) is 0 Å². The molecule has 1 heterocycles. The summed E-state index contributed by atoms with van der Waals surface area (Å²) < 4.78 is 35.2. The minimum absolute atomic E-state index is 0.183. The number of hydrogen-bond acceptors (Lipinski definition) is 2. The van der Waals surface area contributed by atoms with Crippen LogP contribution in [0.1, 0.15) is 6.92 Å². The van der Waals surface area contributed by atoms with Gasteiger partial charge in [-0.05, 0) is 6.92 Å². The molecule has 1 aliphatic rings. The van der Waals surface area contributed by atoms with Gasteiger partial charge in [0.2, 0.25) is 0 Å². The Morgan fingerprint density at radius 1 is 1.50 bits per heavy atom. The number of aliphatic imine (C=N–C) groups is 2. The van der Waals surface area contributed by atoms with Crippen LogP contribution in [-0.4, -0.2) is 24.3 Å². The summed E-state index contributed by atoms with van der Waals surface area (Å²) in [5, 5.41) is 0. The summed E-state index contributed by atoms with van der Waals surface area (Å²) in [6.45, 7) is 1.43. The zero-order chi connectivity index (χ0) is 7.78. The predicted molar refractivity (Wildman–Crippen MR) is 31.4 cm³/mol. The van der Waals surface area contributed by atoms with E-state index in [0.717, 1.165) is 6.21 Å². The van der Waals surface area contributed by atoms with Crippen molar-refractivity contribution < 1.29 is 13.2 Å². The monoisotopic (exact) mass is 150 g/mol. The van der Waals surface area contributed by atoms with E-state index in [9.17, 15) is 13.2 Å². The number of nitrogens with zero attached hydrogens (tertiary/aromatic N) is 2. The lowest BCUT2D eigenvalue weighted by atomic mass is 10.3. The number of rotatable bonds is 0. The van der Waals surface area contributed by atoms with Gasteiger partial charge in [0.1, 0.15) is 5.84 Å².